The van der Waals surface area contributed by atoms with Crippen molar-refractivity contribution in [2.24, 2.45) is 0 Å². The van der Waals surface area contributed by atoms with Gasteiger partial charge in [-0.3, -0.25) is 0 Å². The van der Waals surface area contributed by atoms with E-state index in [4.69, 9.17) is 23.8 Å². The van der Waals surface area contributed by atoms with Gasteiger partial charge in [-0.05, 0) is 29.7 Å². The minimum atomic E-state index is 0.555. The molecule has 0 spiro atoms. The number of aromatic nitrogens is 4. The van der Waals surface area contributed by atoms with Crippen molar-refractivity contribution in [1.29, 1.82) is 0 Å². The Hall–Kier alpha value is -6.66. The first-order chi connectivity index (χ1) is 27.8. The number of fused-ring (bicyclic) bond motifs is 9. The minimum absolute atomic E-state index is 0.555. The van der Waals surface area contributed by atoms with Gasteiger partial charge in [0, 0.05) is 49.1 Å². The first-order valence-electron chi connectivity index (χ1n) is 19.5. The molecule has 0 aliphatic heterocycles. The monoisotopic (exact) mass is 726 g/mol. The molecule has 11 aromatic rings. The van der Waals surface area contributed by atoms with E-state index in [1.165, 1.54) is 32.7 Å². The fraction of sp³-hybridized carbons (Fsp3) is 0. The molecule has 0 N–H and O–H groups in total. The lowest BCUT2D eigenvalue weighted by molar-refractivity contribution is 0.669. The lowest BCUT2D eigenvalue weighted by Gasteiger charge is -2.19. The highest BCUT2D eigenvalue weighted by molar-refractivity contribution is 6.64. The molecule has 0 saturated carbocycles. The van der Waals surface area contributed by atoms with Crippen molar-refractivity contribution in [3.05, 3.63) is 121 Å². The van der Waals surface area contributed by atoms with Crippen LogP contribution in [0.15, 0.2) is 130 Å². The second-order valence-corrected chi connectivity index (χ2v) is 15.3. The maximum absolute atomic E-state index is 7.13. The second-order valence-electron chi connectivity index (χ2n) is 15.3. The van der Waals surface area contributed by atoms with Gasteiger partial charge < -0.3 is 13.4 Å². The van der Waals surface area contributed by atoms with Crippen LogP contribution in [-0.4, -0.2) is 66.6 Å². The summed E-state index contributed by atoms with van der Waals surface area (Å²) in [6.45, 7) is 0. The fourth-order valence-corrected chi connectivity index (χ4v) is 9.16. The molecule has 57 heavy (non-hydrogen) atoms. The Labute approximate surface area is 333 Å². The highest BCUT2D eigenvalue weighted by Crippen LogP contribution is 2.38. The molecule has 4 aromatic heterocycles. The van der Waals surface area contributed by atoms with Crippen molar-refractivity contribution >= 4 is 146 Å². The van der Waals surface area contributed by atoms with Crippen molar-refractivity contribution < 1.29 is 8.83 Å². The summed E-state index contributed by atoms with van der Waals surface area (Å²) < 4.78 is 16.1. The van der Waals surface area contributed by atoms with Crippen LogP contribution >= 0.6 is 0 Å². The predicted molar refractivity (Wildman–Crippen MR) is 254 cm³/mol. The van der Waals surface area contributed by atoms with Gasteiger partial charge in [0.05, 0.1) is 16.6 Å². The fourth-order valence-electron chi connectivity index (χ4n) is 9.16. The van der Waals surface area contributed by atoms with Crippen molar-refractivity contribution in [3.8, 4) is 39.9 Å². The second kappa shape index (κ2) is 12.4. The van der Waals surface area contributed by atoms with Gasteiger partial charge in [-0.25, -0.2) is 15.0 Å². The standard InChI is InChI=1S/C45H32B6N4O2/c46-33-31-30-32(45-53-43(21-11-2-1-3-12-21)52-44(54-45)26-17-10-16-25-24-15-6-9-20-29(24)56-40(25)26)34(47)35(48)37(50)41(30)57-42(31)38(51)39(36(33)49)55-27-18-7-4-13-22(27)23-14-5-8-19-28(23)55/h1-20H,46-51H2. The van der Waals surface area contributed by atoms with Gasteiger partial charge in [0.25, 0.3) is 0 Å². The lowest BCUT2D eigenvalue weighted by Crippen LogP contribution is -2.41. The van der Waals surface area contributed by atoms with Crippen molar-refractivity contribution in [2.45, 2.75) is 0 Å². The molecular weight excluding hydrogens is 693 g/mol. The van der Waals surface area contributed by atoms with Crippen LogP contribution in [0, 0.1) is 0 Å². The molecule has 0 radical (unpaired) electrons. The molecule has 0 bridgehead atoms. The average molecular weight is 726 g/mol. The zero-order valence-electron chi connectivity index (χ0n) is 32.7. The summed E-state index contributed by atoms with van der Waals surface area (Å²) in [5.41, 5.74) is 16.3. The first-order valence-corrected chi connectivity index (χ1v) is 19.5. The third-order valence-corrected chi connectivity index (χ3v) is 12.3. The van der Waals surface area contributed by atoms with Gasteiger partial charge in [0.15, 0.2) is 17.5 Å². The molecule has 0 unspecified atom stereocenters. The Morgan fingerprint density at radius 2 is 1.00 bits per heavy atom. The van der Waals surface area contributed by atoms with Crippen LogP contribution in [0.2, 0.25) is 0 Å². The molecule has 0 fully saturated rings. The Balaban J connectivity index is 1.24. The molecule has 4 heterocycles. The smallest absolute Gasteiger partial charge is 0.167 e. The lowest BCUT2D eigenvalue weighted by atomic mass is 9.67. The first kappa shape index (κ1) is 33.7. The van der Waals surface area contributed by atoms with Crippen LogP contribution in [0.25, 0.3) is 106 Å². The number of hydrogen-bond acceptors (Lipinski definition) is 5. The van der Waals surface area contributed by atoms with E-state index >= 15 is 0 Å². The highest BCUT2D eigenvalue weighted by atomic mass is 16.3. The Morgan fingerprint density at radius 3 is 1.74 bits per heavy atom. The van der Waals surface area contributed by atoms with Crippen LogP contribution in [0.3, 0.4) is 0 Å². The van der Waals surface area contributed by atoms with Crippen molar-refractivity contribution in [1.82, 2.24) is 19.5 Å². The third kappa shape index (κ3) is 4.76. The summed E-state index contributed by atoms with van der Waals surface area (Å²) in [6.07, 6.45) is 0. The molecule has 7 aromatic carbocycles. The van der Waals surface area contributed by atoms with Gasteiger partial charge in [-0.15, -0.1) is 0 Å². The molecule has 6 nitrogen and oxygen atoms in total. The molecule has 0 aliphatic rings. The quantitative estimate of drug-likeness (QED) is 0.257. The maximum atomic E-state index is 7.13. The molecule has 12 heteroatoms. The molecule has 262 valence electrons. The van der Waals surface area contributed by atoms with Gasteiger partial charge in [-0.2, -0.15) is 0 Å². The zero-order valence-corrected chi connectivity index (χ0v) is 32.7. The van der Waals surface area contributed by atoms with E-state index in [1.54, 1.807) is 0 Å². The van der Waals surface area contributed by atoms with E-state index in [1.807, 2.05) is 54.6 Å². The number of benzene rings is 7. The number of nitrogens with zero attached hydrogens (tertiary/aromatic N) is 4. The largest absolute Gasteiger partial charge is 0.457 e. The van der Waals surface area contributed by atoms with Crippen LogP contribution < -0.4 is 32.8 Å². The number of hydrogen-bond donors (Lipinski definition) is 0. The maximum Gasteiger partial charge on any atom is 0.167 e. The number of para-hydroxylation sites is 4. The van der Waals surface area contributed by atoms with E-state index in [-0.39, 0.29) is 0 Å². The number of rotatable bonds is 4. The van der Waals surface area contributed by atoms with Crippen molar-refractivity contribution in [2.75, 3.05) is 0 Å². The minimum Gasteiger partial charge on any atom is -0.457 e. The molecule has 0 atom stereocenters. The van der Waals surface area contributed by atoms with Gasteiger partial charge >= 0.3 is 0 Å². The normalized spacial score (nSPS) is 11.9. The van der Waals surface area contributed by atoms with E-state index < -0.39 is 0 Å². The third-order valence-electron chi connectivity index (χ3n) is 12.3. The Morgan fingerprint density at radius 1 is 0.404 bits per heavy atom. The summed E-state index contributed by atoms with van der Waals surface area (Å²) in [7, 11) is 13.2. The SMILES string of the molecule is Bc1c(B)c(-c2nc(-c3ccccc3)nc(-c3cccc4c3oc3ccccc34)n2)c2c(oc3c(B)c(-n4c5ccccc5c5ccccc54)c(B)c(B)c32)c1B. The van der Waals surface area contributed by atoms with Crippen LogP contribution in [0.5, 0.6) is 0 Å². The summed E-state index contributed by atoms with van der Waals surface area (Å²) in [5.74, 6) is 1.75. The molecule has 0 aliphatic carbocycles. The molecule has 11 rings (SSSR count). The van der Waals surface area contributed by atoms with Crippen LogP contribution in [0.4, 0.5) is 0 Å². The highest BCUT2D eigenvalue weighted by Gasteiger charge is 2.27. The summed E-state index contributed by atoms with van der Waals surface area (Å²) in [5, 5.41) is 6.67. The van der Waals surface area contributed by atoms with E-state index in [0.717, 1.165) is 88.1 Å². The molecular formula is C45H32B6N4O2. The number of furan rings is 2. The van der Waals surface area contributed by atoms with Crippen molar-refractivity contribution in [3.63, 3.8) is 0 Å². The summed E-state index contributed by atoms with van der Waals surface area (Å²) in [4.78, 5) is 15.8. The van der Waals surface area contributed by atoms with Crippen LogP contribution in [-0.2, 0) is 0 Å². The van der Waals surface area contributed by atoms with E-state index in [9.17, 15) is 0 Å². The predicted octanol–water partition coefficient (Wildman–Crippen LogP) is 1.32. The Bertz CT molecular complexity index is 3450. The zero-order chi connectivity index (χ0) is 38.7. The average Bonchev–Trinajstić information content (AvgIpc) is 3.93. The van der Waals surface area contributed by atoms with Crippen LogP contribution in [0.1, 0.15) is 0 Å². The summed E-state index contributed by atoms with van der Waals surface area (Å²) >= 11 is 0. The van der Waals surface area contributed by atoms with E-state index in [0.29, 0.717) is 17.5 Å². The van der Waals surface area contributed by atoms with Gasteiger partial charge in [-0.1, -0.05) is 124 Å². The summed E-state index contributed by atoms with van der Waals surface area (Å²) in [6, 6.07) is 41.8. The molecule has 0 amide bonds. The topological polar surface area (TPSA) is 69.9 Å². The van der Waals surface area contributed by atoms with Gasteiger partial charge in [0.2, 0.25) is 0 Å². The van der Waals surface area contributed by atoms with E-state index in [2.05, 4.69) is 118 Å². The Kier molecular flexibility index (Phi) is 7.34. The molecule has 0 saturated heterocycles. The van der Waals surface area contributed by atoms with Gasteiger partial charge in [0.1, 0.15) is 69.4 Å².